The molecule has 31 heavy (non-hydrogen) atoms. The lowest BCUT2D eigenvalue weighted by molar-refractivity contribution is -0.227. The molecule has 8 atom stereocenters. The number of ketones is 2. The first-order valence-corrected chi connectivity index (χ1v) is 11.4. The van der Waals surface area contributed by atoms with Crippen molar-refractivity contribution in [3.8, 4) is 0 Å². The van der Waals surface area contributed by atoms with Crippen LogP contribution in [0.1, 0.15) is 66.7 Å². The quantitative estimate of drug-likeness (QED) is 0.685. The number of allylic oxidation sites excluding steroid dienone is 4. The Balaban J connectivity index is 1.84. The van der Waals surface area contributed by atoms with Gasteiger partial charge >= 0.3 is 5.97 Å². The molecule has 0 aliphatic heterocycles. The van der Waals surface area contributed by atoms with E-state index >= 15 is 4.39 Å². The van der Waals surface area contributed by atoms with Crippen LogP contribution in [0.25, 0.3) is 0 Å². The highest BCUT2D eigenvalue weighted by molar-refractivity contribution is 6.01. The maximum Gasteiger partial charge on any atom is 0.306 e. The van der Waals surface area contributed by atoms with Gasteiger partial charge in [-0.2, -0.15) is 0 Å². The molecule has 0 spiro atoms. The van der Waals surface area contributed by atoms with Crippen molar-refractivity contribution in [1.29, 1.82) is 0 Å². The Morgan fingerprint density at radius 3 is 2.58 bits per heavy atom. The van der Waals surface area contributed by atoms with Crippen molar-refractivity contribution in [2.24, 2.45) is 28.6 Å². The van der Waals surface area contributed by atoms with E-state index in [2.05, 4.69) is 0 Å². The van der Waals surface area contributed by atoms with Crippen LogP contribution in [0.5, 0.6) is 0 Å². The number of carbonyl (C=O) groups is 3. The molecule has 1 N–H and O–H groups in total. The molecule has 6 heteroatoms. The van der Waals surface area contributed by atoms with Crippen LogP contribution in [0.15, 0.2) is 23.8 Å². The second-order valence-corrected chi connectivity index (χ2v) is 10.5. The van der Waals surface area contributed by atoms with Crippen LogP contribution >= 0.6 is 0 Å². The van der Waals surface area contributed by atoms with Gasteiger partial charge in [-0.1, -0.05) is 32.4 Å². The van der Waals surface area contributed by atoms with Crippen molar-refractivity contribution in [3.63, 3.8) is 0 Å². The third kappa shape index (κ3) is 2.54. The molecule has 3 fully saturated rings. The predicted octanol–water partition coefficient (Wildman–Crippen LogP) is 3.88. The summed E-state index contributed by atoms with van der Waals surface area (Å²) >= 11 is 0. The van der Waals surface area contributed by atoms with E-state index in [0.717, 1.165) is 5.57 Å². The minimum absolute atomic E-state index is 0.0240. The highest BCUT2D eigenvalue weighted by atomic mass is 19.1. The molecule has 3 saturated carbocycles. The first-order valence-electron chi connectivity index (χ1n) is 11.4. The van der Waals surface area contributed by atoms with Crippen molar-refractivity contribution >= 4 is 17.5 Å². The van der Waals surface area contributed by atoms with E-state index < -0.39 is 40.1 Å². The maximum absolute atomic E-state index is 17.1. The van der Waals surface area contributed by atoms with E-state index in [0.29, 0.717) is 19.3 Å². The molecule has 170 valence electrons. The molecule has 0 aromatic carbocycles. The monoisotopic (exact) mass is 432 g/mol. The summed E-state index contributed by atoms with van der Waals surface area (Å²) < 4.78 is 23.0. The van der Waals surface area contributed by atoms with Gasteiger partial charge < -0.3 is 9.84 Å². The Morgan fingerprint density at radius 1 is 1.29 bits per heavy atom. The molecule has 0 radical (unpaired) electrons. The van der Waals surface area contributed by atoms with Crippen molar-refractivity contribution in [2.75, 3.05) is 0 Å². The van der Waals surface area contributed by atoms with E-state index in [-0.39, 0.29) is 36.2 Å². The number of fused-ring (bicyclic) bond motifs is 5. The Labute approximate surface area is 183 Å². The number of aliphatic hydroxyl groups excluding tert-OH is 1. The molecule has 0 aromatic rings. The van der Waals surface area contributed by atoms with Gasteiger partial charge in [-0.25, -0.2) is 4.39 Å². The Morgan fingerprint density at radius 2 is 1.97 bits per heavy atom. The third-order valence-electron chi connectivity index (χ3n) is 9.27. The standard InChI is InChI=1S/C25H33FO5/c1-6-21(30)31-25(15(3)27)14(2)11-19-18-8-7-16-12-17(28)9-10-22(16,4)24(18,26)20(29)13-23(19,25)5/h9-10,12,14,18-20,29H,6-8,11,13H2,1-5H3/t14-,18-,19-,20-,22-,23-,24?,25-/m0/s1. The first-order chi connectivity index (χ1) is 14.4. The largest absolute Gasteiger partial charge is 0.450 e. The van der Waals surface area contributed by atoms with Crippen LogP contribution in [0.2, 0.25) is 0 Å². The van der Waals surface area contributed by atoms with Crippen molar-refractivity contribution in [3.05, 3.63) is 23.8 Å². The third-order valence-corrected chi connectivity index (χ3v) is 9.27. The number of aliphatic hydroxyl groups is 1. The maximum atomic E-state index is 17.1. The topological polar surface area (TPSA) is 80.7 Å². The number of carbonyl (C=O) groups excluding carboxylic acids is 3. The van der Waals surface area contributed by atoms with Gasteiger partial charge in [-0.05, 0) is 57.6 Å². The fourth-order valence-corrected chi connectivity index (χ4v) is 7.82. The molecule has 0 aromatic heterocycles. The van der Waals surface area contributed by atoms with E-state index in [1.54, 1.807) is 19.9 Å². The summed E-state index contributed by atoms with van der Waals surface area (Å²) in [5.74, 6) is -1.86. The number of ether oxygens (including phenoxy) is 1. The van der Waals surface area contributed by atoms with E-state index in [9.17, 15) is 19.5 Å². The zero-order chi connectivity index (χ0) is 23.0. The van der Waals surface area contributed by atoms with Gasteiger partial charge in [-0.15, -0.1) is 0 Å². The molecule has 4 aliphatic carbocycles. The molecule has 0 heterocycles. The second-order valence-electron chi connectivity index (χ2n) is 10.5. The zero-order valence-corrected chi connectivity index (χ0v) is 19.0. The van der Waals surface area contributed by atoms with Gasteiger partial charge in [0.2, 0.25) is 0 Å². The SMILES string of the molecule is CCC(=O)O[C@]1(C(C)=O)[C@@H](C)C[C@H]2[C@@H]3CCC4=CC(=O)C=C[C@]4(C)C3(F)[C@@H](O)C[C@@]21C. The van der Waals surface area contributed by atoms with Gasteiger partial charge in [0.25, 0.3) is 0 Å². The number of hydrogen-bond acceptors (Lipinski definition) is 5. The summed E-state index contributed by atoms with van der Waals surface area (Å²) in [5.41, 5.74) is -4.55. The molecule has 0 bridgehead atoms. The first kappa shape index (κ1) is 22.4. The van der Waals surface area contributed by atoms with E-state index in [4.69, 9.17) is 4.74 Å². The van der Waals surface area contributed by atoms with E-state index in [1.807, 2.05) is 13.8 Å². The summed E-state index contributed by atoms with van der Waals surface area (Å²) in [6.45, 7) is 8.69. The normalized spacial score (nSPS) is 48.4. The number of esters is 1. The molecule has 0 saturated heterocycles. The van der Waals surface area contributed by atoms with Crippen LogP contribution in [0.3, 0.4) is 0 Å². The van der Waals surface area contributed by atoms with Crippen molar-refractivity contribution in [1.82, 2.24) is 0 Å². The van der Waals surface area contributed by atoms with Gasteiger partial charge in [0.05, 0.1) is 6.10 Å². The molecule has 4 aliphatic rings. The van der Waals surface area contributed by atoms with Crippen LogP contribution < -0.4 is 0 Å². The lowest BCUT2D eigenvalue weighted by atomic mass is 9.44. The lowest BCUT2D eigenvalue weighted by Crippen LogP contribution is -2.69. The van der Waals surface area contributed by atoms with Gasteiger partial charge in [0, 0.05) is 29.1 Å². The van der Waals surface area contributed by atoms with Gasteiger partial charge in [-0.3, -0.25) is 14.4 Å². The summed E-state index contributed by atoms with van der Waals surface area (Å²) in [6, 6.07) is 0. The fourth-order valence-electron chi connectivity index (χ4n) is 7.82. The number of Topliss-reactive ketones (excluding diaryl/α,β-unsaturated/α-hetero) is 1. The average molecular weight is 433 g/mol. The van der Waals surface area contributed by atoms with Crippen molar-refractivity contribution < 1.29 is 28.6 Å². The number of halogens is 1. The second kappa shape index (κ2) is 6.84. The van der Waals surface area contributed by atoms with Gasteiger partial charge in [0.15, 0.2) is 22.8 Å². The Kier molecular flexibility index (Phi) is 4.94. The highest BCUT2D eigenvalue weighted by Crippen LogP contribution is 2.71. The lowest BCUT2D eigenvalue weighted by Gasteiger charge is -2.62. The average Bonchev–Trinajstić information content (AvgIpc) is 2.91. The Bertz CT molecular complexity index is 908. The Hall–Kier alpha value is -1.82. The smallest absolute Gasteiger partial charge is 0.306 e. The van der Waals surface area contributed by atoms with E-state index in [1.165, 1.54) is 19.1 Å². The zero-order valence-electron chi connectivity index (χ0n) is 19.0. The molecule has 0 amide bonds. The minimum Gasteiger partial charge on any atom is -0.450 e. The molecule has 4 rings (SSSR count). The fraction of sp³-hybridized carbons (Fsp3) is 0.720. The summed E-state index contributed by atoms with van der Waals surface area (Å²) in [7, 11) is 0. The molecule has 5 nitrogen and oxygen atoms in total. The molecule has 1 unspecified atom stereocenters. The molecular formula is C25H33FO5. The van der Waals surface area contributed by atoms with Crippen LogP contribution in [-0.4, -0.2) is 40.0 Å². The van der Waals surface area contributed by atoms with Gasteiger partial charge in [0.1, 0.15) is 0 Å². The highest BCUT2D eigenvalue weighted by Gasteiger charge is 2.76. The van der Waals surface area contributed by atoms with Crippen molar-refractivity contribution in [2.45, 2.75) is 84.1 Å². The van der Waals surface area contributed by atoms with Crippen LogP contribution in [0, 0.1) is 28.6 Å². The number of rotatable bonds is 3. The number of alkyl halides is 1. The summed E-state index contributed by atoms with van der Waals surface area (Å²) in [5, 5.41) is 11.4. The number of hydrogen-bond donors (Lipinski definition) is 1. The molecular weight excluding hydrogens is 399 g/mol. The minimum atomic E-state index is -1.96. The van der Waals surface area contributed by atoms with Crippen LogP contribution in [-0.2, 0) is 19.1 Å². The predicted molar refractivity (Wildman–Crippen MR) is 113 cm³/mol. The summed E-state index contributed by atoms with van der Waals surface area (Å²) in [6.07, 6.45) is 4.95. The van der Waals surface area contributed by atoms with Crippen LogP contribution in [0.4, 0.5) is 4.39 Å². The summed E-state index contributed by atoms with van der Waals surface area (Å²) in [4.78, 5) is 37.4.